The average Bonchev–Trinajstić information content (AvgIpc) is 2.70. The molecule has 2 aromatic carbocycles. The zero-order valence-electron chi connectivity index (χ0n) is 16.3. The number of hydrogen-bond acceptors (Lipinski definition) is 4. The topological polar surface area (TPSA) is 39.7 Å². The van der Waals surface area contributed by atoms with Gasteiger partial charge in [0.15, 0.2) is 11.5 Å². The van der Waals surface area contributed by atoms with Crippen LogP contribution in [0.5, 0.6) is 11.5 Å². The van der Waals surface area contributed by atoms with Crippen LogP contribution in [0.15, 0.2) is 42.5 Å². The highest BCUT2D eigenvalue weighted by molar-refractivity contribution is 5.43. The van der Waals surface area contributed by atoms with Crippen LogP contribution in [0, 0.1) is 5.82 Å². The molecule has 0 bridgehead atoms. The van der Waals surface area contributed by atoms with Crippen molar-refractivity contribution in [3.8, 4) is 11.5 Å². The van der Waals surface area contributed by atoms with Gasteiger partial charge in [-0.05, 0) is 54.8 Å². The number of nitrogens with one attached hydrogen (secondary N) is 1. The fourth-order valence-corrected chi connectivity index (χ4v) is 2.56. The third-order valence-corrected chi connectivity index (χ3v) is 4.15. The van der Waals surface area contributed by atoms with E-state index in [1.807, 2.05) is 18.2 Å². The van der Waals surface area contributed by atoms with Crippen molar-refractivity contribution < 1.29 is 18.6 Å². The third kappa shape index (κ3) is 7.97. The molecule has 0 spiro atoms. The second kappa shape index (κ2) is 12.3. The van der Waals surface area contributed by atoms with Gasteiger partial charge in [0.05, 0.1) is 7.11 Å². The lowest BCUT2D eigenvalue weighted by Crippen LogP contribution is -2.16. The second-order valence-corrected chi connectivity index (χ2v) is 6.40. The molecule has 0 atom stereocenters. The normalized spacial score (nSPS) is 10.8. The van der Waals surface area contributed by atoms with Crippen molar-refractivity contribution in [3.63, 3.8) is 0 Å². The molecule has 0 aliphatic heterocycles. The average molecular weight is 375 g/mol. The van der Waals surface area contributed by atoms with Gasteiger partial charge in [-0.1, -0.05) is 31.5 Å². The molecule has 4 nitrogen and oxygen atoms in total. The molecule has 5 heteroatoms. The van der Waals surface area contributed by atoms with Crippen LogP contribution in [0.25, 0.3) is 0 Å². The summed E-state index contributed by atoms with van der Waals surface area (Å²) in [6.45, 7) is 5.87. The molecule has 148 valence electrons. The van der Waals surface area contributed by atoms with Crippen LogP contribution in [0.2, 0.25) is 0 Å². The van der Waals surface area contributed by atoms with Gasteiger partial charge < -0.3 is 19.5 Å². The Hall–Kier alpha value is -2.11. The van der Waals surface area contributed by atoms with Crippen LogP contribution in [0.3, 0.4) is 0 Å². The van der Waals surface area contributed by atoms with Gasteiger partial charge in [0, 0.05) is 19.8 Å². The zero-order chi connectivity index (χ0) is 19.3. The lowest BCUT2D eigenvalue weighted by molar-refractivity contribution is 0.129. The Kier molecular flexibility index (Phi) is 9.66. The SMILES string of the molecule is CCCCOCCCNCc1ccc(OCc2ccc(F)cc2)c(OC)c1. The molecule has 0 aromatic heterocycles. The fourth-order valence-electron chi connectivity index (χ4n) is 2.56. The van der Waals surface area contributed by atoms with Crippen molar-refractivity contribution in [2.45, 2.75) is 39.3 Å². The predicted molar refractivity (Wildman–Crippen MR) is 106 cm³/mol. The number of ether oxygens (including phenoxy) is 3. The molecule has 2 rings (SSSR count). The molecule has 2 aromatic rings. The van der Waals surface area contributed by atoms with Crippen molar-refractivity contribution in [2.24, 2.45) is 0 Å². The van der Waals surface area contributed by atoms with Crippen LogP contribution in [-0.2, 0) is 17.9 Å². The summed E-state index contributed by atoms with van der Waals surface area (Å²) < 4.78 is 29.8. The highest BCUT2D eigenvalue weighted by Crippen LogP contribution is 2.28. The van der Waals surface area contributed by atoms with Gasteiger partial charge in [0.2, 0.25) is 0 Å². The first kappa shape index (κ1) is 21.2. The monoisotopic (exact) mass is 375 g/mol. The first-order valence-electron chi connectivity index (χ1n) is 9.55. The molecule has 0 heterocycles. The highest BCUT2D eigenvalue weighted by atomic mass is 19.1. The summed E-state index contributed by atoms with van der Waals surface area (Å²) in [7, 11) is 1.63. The van der Waals surface area contributed by atoms with E-state index in [4.69, 9.17) is 14.2 Å². The minimum absolute atomic E-state index is 0.249. The van der Waals surface area contributed by atoms with E-state index in [2.05, 4.69) is 12.2 Å². The number of rotatable bonds is 13. The number of benzene rings is 2. The molecule has 0 aliphatic carbocycles. The number of methoxy groups -OCH3 is 1. The van der Waals surface area contributed by atoms with Crippen LogP contribution < -0.4 is 14.8 Å². The lowest BCUT2D eigenvalue weighted by atomic mass is 10.2. The minimum Gasteiger partial charge on any atom is -0.493 e. The smallest absolute Gasteiger partial charge is 0.161 e. The third-order valence-electron chi connectivity index (χ3n) is 4.15. The molecule has 0 fully saturated rings. The Morgan fingerprint density at radius 2 is 1.67 bits per heavy atom. The maximum absolute atomic E-state index is 13.0. The van der Waals surface area contributed by atoms with Crippen LogP contribution in [0.4, 0.5) is 4.39 Å². The number of halogens is 1. The molecule has 0 aliphatic rings. The van der Waals surface area contributed by atoms with Crippen molar-refractivity contribution in [3.05, 3.63) is 59.4 Å². The van der Waals surface area contributed by atoms with Gasteiger partial charge in [-0.25, -0.2) is 4.39 Å². The van der Waals surface area contributed by atoms with Gasteiger partial charge >= 0.3 is 0 Å². The summed E-state index contributed by atoms with van der Waals surface area (Å²) in [5.74, 6) is 1.12. The largest absolute Gasteiger partial charge is 0.493 e. The Morgan fingerprint density at radius 1 is 0.926 bits per heavy atom. The van der Waals surface area contributed by atoms with E-state index in [1.54, 1.807) is 19.2 Å². The van der Waals surface area contributed by atoms with E-state index < -0.39 is 0 Å². The Labute approximate surface area is 161 Å². The minimum atomic E-state index is -0.249. The van der Waals surface area contributed by atoms with E-state index in [0.717, 1.165) is 50.3 Å². The maximum Gasteiger partial charge on any atom is 0.161 e. The molecule has 0 saturated heterocycles. The predicted octanol–water partition coefficient (Wildman–Crippen LogP) is 4.71. The molecule has 0 saturated carbocycles. The molecule has 1 N–H and O–H groups in total. The first-order chi connectivity index (χ1) is 13.2. The van der Waals surface area contributed by atoms with E-state index >= 15 is 0 Å². The Balaban J connectivity index is 1.75. The Morgan fingerprint density at radius 3 is 2.41 bits per heavy atom. The van der Waals surface area contributed by atoms with E-state index in [1.165, 1.54) is 18.6 Å². The van der Waals surface area contributed by atoms with Crippen LogP contribution in [-0.4, -0.2) is 26.9 Å². The quantitative estimate of drug-likeness (QED) is 0.515. The summed E-state index contributed by atoms with van der Waals surface area (Å²) in [6.07, 6.45) is 3.30. The molecular formula is C22H30FNO3. The number of hydrogen-bond donors (Lipinski definition) is 1. The standard InChI is InChI=1S/C22H30FNO3/c1-3-4-13-26-14-5-12-24-16-19-8-11-21(22(15-19)25-2)27-17-18-6-9-20(23)10-7-18/h6-11,15,24H,3-5,12-14,16-17H2,1-2H3. The lowest BCUT2D eigenvalue weighted by Gasteiger charge is -2.13. The van der Waals surface area contributed by atoms with E-state index in [0.29, 0.717) is 18.1 Å². The fraction of sp³-hybridized carbons (Fsp3) is 0.455. The van der Waals surface area contributed by atoms with E-state index in [9.17, 15) is 4.39 Å². The van der Waals surface area contributed by atoms with Crippen LogP contribution in [0.1, 0.15) is 37.3 Å². The molecule has 0 unspecified atom stereocenters. The summed E-state index contributed by atoms with van der Waals surface area (Å²) in [4.78, 5) is 0. The van der Waals surface area contributed by atoms with Crippen molar-refractivity contribution in [1.29, 1.82) is 0 Å². The summed E-state index contributed by atoms with van der Waals surface area (Å²) in [6, 6.07) is 12.2. The van der Waals surface area contributed by atoms with Crippen molar-refractivity contribution in [2.75, 3.05) is 26.9 Å². The molecule has 0 amide bonds. The summed E-state index contributed by atoms with van der Waals surface area (Å²) in [5.41, 5.74) is 2.04. The van der Waals surface area contributed by atoms with Gasteiger partial charge in [0.1, 0.15) is 12.4 Å². The van der Waals surface area contributed by atoms with Gasteiger partial charge in [-0.15, -0.1) is 0 Å². The summed E-state index contributed by atoms with van der Waals surface area (Å²) >= 11 is 0. The Bertz CT molecular complexity index is 661. The maximum atomic E-state index is 13.0. The number of unbranched alkanes of at least 4 members (excludes halogenated alkanes) is 1. The van der Waals surface area contributed by atoms with Crippen LogP contribution >= 0.6 is 0 Å². The summed E-state index contributed by atoms with van der Waals surface area (Å²) in [5, 5.41) is 3.41. The van der Waals surface area contributed by atoms with E-state index in [-0.39, 0.29) is 5.82 Å². The van der Waals surface area contributed by atoms with Gasteiger partial charge in [0.25, 0.3) is 0 Å². The zero-order valence-corrected chi connectivity index (χ0v) is 16.3. The molecule has 27 heavy (non-hydrogen) atoms. The molecular weight excluding hydrogens is 345 g/mol. The van der Waals surface area contributed by atoms with Gasteiger partial charge in [-0.2, -0.15) is 0 Å². The van der Waals surface area contributed by atoms with Crippen molar-refractivity contribution >= 4 is 0 Å². The second-order valence-electron chi connectivity index (χ2n) is 6.40. The van der Waals surface area contributed by atoms with Crippen molar-refractivity contribution in [1.82, 2.24) is 5.32 Å². The molecule has 0 radical (unpaired) electrons. The van der Waals surface area contributed by atoms with Gasteiger partial charge in [-0.3, -0.25) is 0 Å². The first-order valence-corrected chi connectivity index (χ1v) is 9.55. The highest BCUT2D eigenvalue weighted by Gasteiger charge is 2.06.